The fourth-order valence-corrected chi connectivity index (χ4v) is 2.80. The minimum Gasteiger partial charge on any atom is -0.372 e. The predicted molar refractivity (Wildman–Crippen MR) is 77.2 cm³/mol. The molecule has 0 radical (unpaired) electrons. The van der Waals surface area contributed by atoms with Crippen LogP contribution in [0.4, 0.5) is 5.82 Å². The molecule has 2 heterocycles. The molecule has 0 saturated heterocycles. The van der Waals surface area contributed by atoms with Gasteiger partial charge in [0, 0.05) is 13.2 Å². The summed E-state index contributed by atoms with van der Waals surface area (Å²) in [6, 6.07) is 5.17. The topological polar surface area (TPSA) is 37.8 Å². The molecule has 0 aliphatic rings. The van der Waals surface area contributed by atoms with Crippen molar-refractivity contribution in [2.24, 2.45) is 0 Å². The molecule has 1 N–H and O–H groups in total. The molecule has 0 spiro atoms. The Kier molecular flexibility index (Phi) is 4.56. The van der Waals surface area contributed by atoms with Crippen LogP contribution in [0, 0.1) is 0 Å². The molecule has 0 bridgehead atoms. The van der Waals surface area contributed by atoms with Gasteiger partial charge in [-0.2, -0.15) is 0 Å². The average molecular weight is 321 g/mol. The molecule has 2 aromatic rings. The van der Waals surface area contributed by atoms with Crippen molar-refractivity contribution in [1.82, 2.24) is 9.97 Å². The molecule has 0 aliphatic carbocycles. The van der Waals surface area contributed by atoms with Gasteiger partial charge in [0.05, 0.1) is 15.1 Å². The number of rotatable bonds is 3. The molecular formula is C11H8Cl3N3S. The van der Waals surface area contributed by atoms with Gasteiger partial charge in [-0.05, 0) is 30.0 Å². The molecule has 0 amide bonds. The average Bonchev–Trinajstić information content (AvgIpc) is 2.35. The first-order valence-corrected chi connectivity index (χ1v) is 6.89. The molecular weight excluding hydrogens is 313 g/mol. The Morgan fingerprint density at radius 3 is 2.56 bits per heavy atom. The molecule has 94 valence electrons. The maximum absolute atomic E-state index is 6.09. The van der Waals surface area contributed by atoms with Gasteiger partial charge in [0.1, 0.15) is 15.9 Å². The van der Waals surface area contributed by atoms with E-state index in [0.29, 0.717) is 30.9 Å². The van der Waals surface area contributed by atoms with Crippen LogP contribution in [0.25, 0.3) is 0 Å². The lowest BCUT2D eigenvalue weighted by Gasteiger charge is -2.08. The molecule has 7 heteroatoms. The number of aromatic nitrogens is 2. The van der Waals surface area contributed by atoms with Crippen LogP contribution in [0.1, 0.15) is 0 Å². The Hall–Kier alpha value is -0.680. The lowest BCUT2D eigenvalue weighted by Crippen LogP contribution is -1.95. The predicted octanol–water partition coefficient (Wildman–Crippen LogP) is 4.63. The van der Waals surface area contributed by atoms with Crippen molar-refractivity contribution in [2.45, 2.75) is 10.1 Å². The van der Waals surface area contributed by atoms with Crippen molar-refractivity contribution in [3.8, 4) is 0 Å². The van der Waals surface area contributed by atoms with Crippen molar-refractivity contribution < 1.29 is 0 Å². The quantitative estimate of drug-likeness (QED) is 0.894. The highest BCUT2D eigenvalue weighted by molar-refractivity contribution is 7.99. The van der Waals surface area contributed by atoms with Gasteiger partial charge in [-0.15, -0.1) is 0 Å². The van der Waals surface area contributed by atoms with Crippen LogP contribution in [0.3, 0.4) is 0 Å². The van der Waals surface area contributed by atoms with Crippen LogP contribution in [0.2, 0.25) is 15.1 Å². The second-order valence-corrected chi connectivity index (χ2v) is 5.45. The highest BCUT2D eigenvalue weighted by Crippen LogP contribution is 2.37. The van der Waals surface area contributed by atoms with Crippen LogP contribution < -0.4 is 5.32 Å². The number of anilines is 1. The molecule has 0 atom stereocenters. The van der Waals surface area contributed by atoms with Gasteiger partial charge in [0.15, 0.2) is 0 Å². The maximum Gasteiger partial charge on any atom is 0.146 e. The van der Waals surface area contributed by atoms with Crippen LogP contribution in [-0.4, -0.2) is 17.0 Å². The molecule has 3 nitrogen and oxygen atoms in total. The first kappa shape index (κ1) is 13.7. The van der Waals surface area contributed by atoms with E-state index in [-0.39, 0.29) is 0 Å². The fourth-order valence-electron chi connectivity index (χ4n) is 1.23. The van der Waals surface area contributed by atoms with E-state index >= 15 is 0 Å². The van der Waals surface area contributed by atoms with Crippen molar-refractivity contribution in [1.29, 1.82) is 0 Å². The lowest BCUT2D eigenvalue weighted by molar-refractivity contribution is 1.09. The van der Waals surface area contributed by atoms with E-state index in [1.807, 2.05) is 0 Å². The van der Waals surface area contributed by atoms with Crippen molar-refractivity contribution in [2.75, 3.05) is 12.4 Å². The lowest BCUT2D eigenvalue weighted by atomic mass is 10.4. The van der Waals surface area contributed by atoms with Crippen LogP contribution >= 0.6 is 46.6 Å². The van der Waals surface area contributed by atoms with Crippen molar-refractivity contribution in [3.05, 3.63) is 39.5 Å². The zero-order chi connectivity index (χ0) is 13.1. The molecule has 2 aromatic heterocycles. The van der Waals surface area contributed by atoms with E-state index in [4.69, 9.17) is 34.8 Å². The van der Waals surface area contributed by atoms with Gasteiger partial charge in [-0.1, -0.05) is 34.8 Å². The summed E-state index contributed by atoms with van der Waals surface area (Å²) in [7, 11) is 1.74. The van der Waals surface area contributed by atoms with Crippen LogP contribution in [0.5, 0.6) is 0 Å². The van der Waals surface area contributed by atoms with Crippen molar-refractivity contribution in [3.63, 3.8) is 0 Å². The third-order valence-electron chi connectivity index (χ3n) is 2.05. The number of nitrogens with zero attached hydrogens (tertiary/aromatic N) is 2. The Morgan fingerprint density at radius 1 is 1.11 bits per heavy atom. The summed E-state index contributed by atoms with van der Waals surface area (Å²) in [5.41, 5.74) is 0. The van der Waals surface area contributed by atoms with Gasteiger partial charge in [0.25, 0.3) is 0 Å². The van der Waals surface area contributed by atoms with Gasteiger partial charge in [0.2, 0.25) is 0 Å². The summed E-state index contributed by atoms with van der Waals surface area (Å²) in [5.74, 6) is 0.565. The number of nitrogens with one attached hydrogen (secondary N) is 1. The number of pyridine rings is 2. The third kappa shape index (κ3) is 3.01. The summed E-state index contributed by atoms with van der Waals surface area (Å²) >= 11 is 19.4. The number of hydrogen-bond donors (Lipinski definition) is 1. The Bertz CT molecular complexity index is 577. The van der Waals surface area contributed by atoms with Crippen LogP contribution in [-0.2, 0) is 0 Å². The molecule has 0 fully saturated rings. The summed E-state index contributed by atoms with van der Waals surface area (Å²) in [6.07, 6.45) is 1.66. The number of hydrogen-bond acceptors (Lipinski definition) is 4. The summed E-state index contributed by atoms with van der Waals surface area (Å²) in [5, 5.41) is 5.64. The van der Waals surface area contributed by atoms with Crippen molar-refractivity contribution >= 4 is 52.4 Å². The zero-order valence-electron chi connectivity index (χ0n) is 9.25. The van der Waals surface area contributed by atoms with E-state index < -0.39 is 0 Å². The second kappa shape index (κ2) is 5.97. The minimum absolute atomic E-state index is 0.464. The summed E-state index contributed by atoms with van der Waals surface area (Å²) < 4.78 is 0. The van der Waals surface area contributed by atoms with E-state index in [1.54, 1.807) is 31.4 Å². The largest absolute Gasteiger partial charge is 0.372 e. The minimum atomic E-state index is 0.464. The maximum atomic E-state index is 6.09. The van der Waals surface area contributed by atoms with Gasteiger partial charge in [-0.25, -0.2) is 9.97 Å². The number of halogens is 3. The molecule has 0 unspecified atom stereocenters. The van der Waals surface area contributed by atoms with Crippen LogP contribution in [0.15, 0.2) is 34.4 Å². The monoisotopic (exact) mass is 319 g/mol. The Morgan fingerprint density at radius 2 is 1.89 bits per heavy atom. The highest BCUT2D eigenvalue weighted by atomic mass is 35.5. The Balaban J connectivity index is 2.38. The third-order valence-corrected chi connectivity index (χ3v) is 4.18. The highest BCUT2D eigenvalue weighted by Gasteiger charge is 2.12. The van der Waals surface area contributed by atoms with Gasteiger partial charge in [-0.3, -0.25) is 0 Å². The SMILES string of the molecule is CNc1nc(Sc2ncccc2Cl)c(Cl)cc1Cl. The molecule has 0 saturated carbocycles. The summed E-state index contributed by atoms with van der Waals surface area (Å²) in [6.45, 7) is 0. The van der Waals surface area contributed by atoms with E-state index in [9.17, 15) is 0 Å². The first-order chi connectivity index (χ1) is 8.61. The van der Waals surface area contributed by atoms with E-state index in [0.717, 1.165) is 0 Å². The zero-order valence-corrected chi connectivity index (χ0v) is 12.3. The Labute approximate surface area is 124 Å². The standard InChI is InChI=1S/C11H8Cl3N3S/c1-15-9-7(13)5-8(14)11(17-9)18-10-6(12)3-2-4-16-10/h2-5H,1H3,(H,15,17). The molecule has 18 heavy (non-hydrogen) atoms. The fraction of sp³-hybridized carbons (Fsp3) is 0.0909. The van der Waals surface area contributed by atoms with E-state index in [1.165, 1.54) is 11.8 Å². The normalized spacial score (nSPS) is 10.4. The second-order valence-electron chi connectivity index (χ2n) is 3.25. The molecule has 2 rings (SSSR count). The first-order valence-electron chi connectivity index (χ1n) is 4.94. The smallest absolute Gasteiger partial charge is 0.146 e. The van der Waals surface area contributed by atoms with Gasteiger partial charge < -0.3 is 5.32 Å². The molecule has 0 aromatic carbocycles. The summed E-state index contributed by atoms with van der Waals surface area (Å²) in [4.78, 5) is 8.49. The van der Waals surface area contributed by atoms with E-state index in [2.05, 4.69) is 15.3 Å². The molecule has 0 aliphatic heterocycles. The van der Waals surface area contributed by atoms with Gasteiger partial charge >= 0.3 is 0 Å².